The van der Waals surface area contributed by atoms with E-state index >= 15 is 0 Å². The molecule has 0 saturated carbocycles. The van der Waals surface area contributed by atoms with Crippen LogP contribution in [-0.4, -0.2) is 34.1 Å². The van der Waals surface area contributed by atoms with Crippen LogP contribution in [0.3, 0.4) is 0 Å². The Balaban J connectivity index is 1.90. The summed E-state index contributed by atoms with van der Waals surface area (Å²) in [6, 6.07) is 0.812. The number of fused-ring (bicyclic) bond motifs is 1. The van der Waals surface area contributed by atoms with Crippen LogP contribution in [0.4, 0.5) is 0 Å². The molecule has 0 bridgehead atoms. The summed E-state index contributed by atoms with van der Waals surface area (Å²) in [7, 11) is 2.22. The molecule has 94 valence electrons. The minimum absolute atomic E-state index is 0.310. The molecule has 0 spiro atoms. The highest BCUT2D eigenvalue weighted by Crippen LogP contribution is 2.30. The standard InChI is InChI=1S/C13H22N4/c1-16-7-3-2-4-12(16)13-15-8-11-6-5-10(14)9-17(11)13/h8,10,12H,2-7,9,14H2,1H3. The molecule has 3 heterocycles. The van der Waals surface area contributed by atoms with Crippen molar-refractivity contribution >= 4 is 0 Å². The molecule has 2 atom stereocenters. The Labute approximate surface area is 103 Å². The average molecular weight is 234 g/mol. The molecule has 1 saturated heterocycles. The van der Waals surface area contributed by atoms with Gasteiger partial charge in [-0.1, -0.05) is 6.42 Å². The molecule has 2 N–H and O–H groups in total. The van der Waals surface area contributed by atoms with Gasteiger partial charge in [-0.05, 0) is 39.3 Å². The van der Waals surface area contributed by atoms with E-state index in [1.165, 1.54) is 37.3 Å². The summed E-state index contributed by atoms with van der Waals surface area (Å²) < 4.78 is 2.38. The Morgan fingerprint density at radius 2 is 2.24 bits per heavy atom. The van der Waals surface area contributed by atoms with Crippen molar-refractivity contribution in [2.75, 3.05) is 13.6 Å². The van der Waals surface area contributed by atoms with Crippen LogP contribution in [0.1, 0.15) is 43.2 Å². The van der Waals surface area contributed by atoms with Crippen LogP contribution in [-0.2, 0) is 13.0 Å². The van der Waals surface area contributed by atoms with Crippen LogP contribution in [0.15, 0.2) is 6.20 Å². The van der Waals surface area contributed by atoms with E-state index in [2.05, 4.69) is 27.7 Å². The zero-order chi connectivity index (χ0) is 11.8. The molecular weight excluding hydrogens is 212 g/mol. The fraction of sp³-hybridized carbons (Fsp3) is 0.769. The molecule has 2 aliphatic heterocycles. The molecule has 0 amide bonds. The summed E-state index contributed by atoms with van der Waals surface area (Å²) in [6.45, 7) is 2.15. The van der Waals surface area contributed by atoms with Crippen molar-refractivity contribution in [2.24, 2.45) is 5.73 Å². The van der Waals surface area contributed by atoms with Gasteiger partial charge in [0.15, 0.2) is 0 Å². The smallest absolute Gasteiger partial charge is 0.126 e. The minimum atomic E-state index is 0.310. The van der Waals surface area contributed by atoms with Crippen molar-refractivity contribution in [2.45, 2.75) is 50.7 Å². The first-order valence-electron chi connectivity index (χ1n) is 6.76. The van der Waals surface area contributed by atoms with Crippen molar-refractivity contribution in [3.63, 3.8) is 0 Å². The van der Waals surface area contributed by atoms with Gasteiger partial charge in [0.2, 0.25) is 0 Å². The van der Waals surface area contributed by atoms with Crippen molar-refractivity contribution in [1.82, 2.24) is 14.5 Å². The molecule has 17 heavy (non-hydrogen) atoms. The van der Waals surface area contributed by atoms with E-state index in [1.807, 2.05) is 0 Å². The van der Waals surface area contributed by atoms with Gasteiger partial charge < -0.3 is 10.3 Å². The van der Waals surface area contributed by atoms with Crippen molar-refractivity contribution in [3.8, 4) is 0 Å². The number of likely N-dealkylation sites (tertiary alicyclic amines) is 1. The number of aromatic nitrogens is 2. The molecule has 1 aromatic rings. The van der Waals surface area contributed by atoms with Gasteiger partial charge in [0.25, 0.3) is 0 Å². The molecule has 2 unspecified atom stereocenters. The SMILES string of the molecule is CN1CCCCC1c1ncc2n1CC(N)CC2. The van der Waals surface area contributed by atoms with Gasteiger partial charge in [-0.3, -0.25) is 4.90 Å². The lowest BCUT2D eigenvalue weighted by atomic mass is 10.0. The van der Waals surface area contributed by atoms with E-state index in [0.29, 0.717) is 12.1 Å². The highest BCUT2D eigenvalue weighted by molar-refractivity contribution is 5.12. The number of aryl methyl sites for hydroxylation is 1. The van der Waals surface area contributed by atoms with Crippen LogP contribution < -0.4 is 5.73 Å². The molecule has 4 nitrogen and oxygen atoms in total. The molecule has 0 radical (unpaired) electrons. The van der Waals surface area contributed by atoms with E-state index in [-0.39, 0.29) is 0 Å². The summed E-state index contributed by atoms with van der Waals surface area (Å²) in [5.74, 6) is 1.25. The summed E-state index contributed by atoms with van der Waals surface area (Å²) in [4.78, 5) is 7.12. The average Bonchev–Trinajstić information content (AvgIpc) is 2.72. The Bertz CT molecular complexity index is 398. The van der Waals surface area contributed by atoms with Crippen LogP contribution in [0, 0.1) is 0 Å². The molecule has 1 fully saturated rings. The summed E-state index contributed by atoms with van der Waals surface area (Å²) in [5.41, 5.74) is 7.46. The third-order valence-electron chi connectivity index (χ3n) is 4.23. The first-order valence-corrected chi connectivity index (χ1v) is 6.76. The van der Waals surface area contributed by atoms with Crippen molar-refractivity contribution < 1.29 is 0 Å². The van der Waals surface area contributed by atoms with Crippen LogP contribution in [0.2, 0.25) is 0 Å². The quantitative estimate of drug-likeness (QED) is 0.797. The molecule has 2 aliphatic rings. The first-order chi connectivity index (χ1) is 8.25. The molecule has 4 heteroatoms. The Morgan fingerprint density at radius 3 is 3.06 bits per heavy atom. The number of rotatable bonds is 1. The summed E-state index contributed by atoms with van der Waals surface area (Å²) in [5, 5.41) is 0. The lowest BCUT2D eigenvalue weighted by molar-refractivity contribution is 0.173. The number of nitrogens with zero attached hydrogens (tertiary/aromatic N) is 3. The van der Waals surface area contributed by atoms with Gasteiger partial charge in [0.1, 0.15) is 5.82 Å². The van der Waals surface area contributed by atoms with Crippen LogP contribution >= 0.6 is 0 Å². The van der Waals surface area contributed by atoms with Gasteiger partial charge in [-0.15, -0.1) is 0 Å². The zero-order valence-electron chi connectivity index (χ0n) is 10.6. The normalized spacial score (nSPS) is 30.2. The van der Waals surface area contributed by atoms with Crippen LogP contribution in [0.25, 0.3) is 0 Å². The Hall–Kier alpha value is -0.870. The van der Waals surface area contributed by atoms with E-state index in [0.717, 1.165) is 19.4 Å². The van der Waals surface area contributed by atoms with E-state index < -0.39 is 0 Å². The maximum atomic E-state index is 6.08. The Kier molecular flexibility index (Phi) is 2.92. The molecule has 0 aliphatic carbocycles. The fourth-order valence-corrected chi connectivity index (χ4v) is 3.16. The second-order valence-corrected chi connectivity index (χ2v) is 5.51. The second kappa shape index (κ2) is 4.42. The maximum absolute atomic E-state index is 6.08. The third kappa shape index (κ3) is 2.00. The van der Waals surface area contributed by atoms with Crippen molar-refractivity contribution in [3.05, 3.63) is 17.7 Å². The number of hydrogen-bond acceptors (Lipinski definition) is 3. The number of piperidine rings is 1. The summed E-state index contributed by atoms with van der Waals surface area (Å²) in [6.07, 6.45) is 8.13. The fourth-order valence-electron chi connectivity index (χ4n) is 3.16. The van der Waals surface area contributed by atoms with E-state index in [9.17, 15) is 0 Å². The van der Waals surface area contributed by atoms with Gasteiger partial charge in [-0.25, -0.2) is 4.98 Å². The van der Waals surface area contributed by atoms with Gasteiger partial charge >= 0.3 is 0 Å². The molecule has 0 aromatic carbocycles. The van der Waals surface area contributed by atoms with Gasteiger partial charge in [0.05, 0.1) is 6.04 Å². The number of hydrogen-bond donors (Lipinski definition) is 1. The molecule has 1 aromatic heterocycles. The van der Waals surface area contributed by atoms with E-state index in [1.54, 1.807) is 0 Å². The third-order valence-corrected chi connectivity index (χ3v) is 4.23. The largest absolute Gasteiger partial charge is 0.329 e. The summed E-state index contributed by atoms with van der Waals surface area (Å²) >= 11 is 0. The second-order valence-electron chi connectivity index (χ2n) is 5.51. The highest BCUT2D eigenvalue weighted by Gasteiger charge is 2.28. The zero-order valence-corrected chi connectivity index (χ0v) is 10.6. The molecule has 3 rings (SSSR count). The predicted molar refractivity (Wildman–Crippen MR) is 67.7 cm³/mol. The lowest BCUT2D eigenvalue weighted by Gasteiger charge is -2.33. The lowest BCUT2D eigenvalue weighted by Crippen LogP contribution is -2.36. The van der Waals surface area contributed by atoms with E-state index in [4.69, 9.17) is 5.73 Å². The first kappa shape index (κ1) is 11.2. The number of nitrogens with two attached hydrogens (primary N) is 1. The van der Waals surface area contributed by atoms with Crippen LogP contribution in [0.5, 0.6) is 0 Å². The van der Waals surface area contributed by atoms with Crippen molar-refractivity contribution in [1.29, 1.82) is 0 Å². The molecular formula is C13H22N4. The predicted octanol–water partition coefficient (Wildman–Crippen LogP) is 1.31. The van der Waals surface area contributed by atoms with Gasteiger partial charge in [0, 0.05) is 24.5 Å². The minimum Gasteiger partial charge on any atom is -0.329 e. The van der Waals surface area contributed by atoms with Gasteiger partial charge in [-0.2, -0.15) is 0 Å². The topological polar surface area (TPSA) is 47.1 Å². The monoisotopic (exact) mass is 234 g/mol. The highest BCUT2D eigenvalue weighted by atomic mass is 15.2. The maximum Gasteiger partial charge on any atom is 0.126 e. The Morgan fingerprint density at radius 1 is 1.35 bits per heavy atom. The number of imidazole rings is 1.